The van der Waals surface area contributed by atoms with E-state index in [1.54, 1.807) is 11.8 Å². The lowest BCUT2D eigenvalue weighted by Gasteiger charge is -2.09. The molecule has 0 saturated heterocycles. The Morgan fingerprint density at radius 1 is 1.32 bits per heavy atom. The molecule has 0 spiro atoms. The van der Waals surface area contributed by atoms with E-state index in [4.69, 9.17) is 26.3 Å². The molecule has 0 unspecified atom stereocenters. The topological polar surface area (TPSA) is 78.6 Å². The first kappa shape index (κ1) is 16.9. The van der Waals surface area contributed by atoms with Crippen LogP contribution in [0.2, 0.25) is 4.34 Å². The first-order chi connectivity index (χ1) is 12.2. The second kappa shape index (κ2) is 7.36. The highest BCUT2D eigenvalue weighted by Crippen LogP contribution is 2.36. The first-order valence-corrected chi connectivity index (χ1v) is 9.84. The Hall–Kier alpha value is -1.55. The van der Waals surface area contributed by atoms with Crippen molar-refractivity contribution in [1.82, 2.24) is 30.2 Å². The normalized spacial score (nSPS) is 13.4. The number of aromatic nitrogens is 6. The molecule has 0 N–H and O–H groups in total. The standard InChI is InChI=1S/C15H15ClN6OS2/c1-23-8-7-22-15(19-20-21-22)25-14-9-3-2-4-10(9)17-13(18-14)11-5-6-12(16)24-11/h5-6H,2-4,7-8H2,1H3. The molecular formula is C15H15ClN6OS2. The van der Waals surface area contributed by atoms with Gasteiger partial charge in [-0.2, -0.15) is 0 Å². The van der Waals surface area contributed by atoms with Crippen LogP contribution in [-0.4, -0.2) is 43.9 Å². The van der Waals surface area contributed by atoms with Crippen molar-refractivity contribution in [3.63, 3.8) is 0 Å². The van der Waals surface area contributed by atoms with Crippen LogP contribution in [0.4, 0.5) is 0 Å². The lowest BCUT2D eigenvalue weighted by atomic mass is 10.2. The Morgan fingerprint density at radius 2 is 2.24 bits per heavy atom. The highest BCUT2D eigenvalue weighted by atomic mass is 35.5. The predicted molar refractivity (Wildman–Crippen MR) is 96.2 cm³/mol. The highest BCUT2D eigenvalue weighted by Gasteiger charge is 2.22. The van der Waals surface area contributed by atoms with Crippen LogP contribution in [0.5, 0.6) is 0 Å². The molecule has 0 radical (unpaired) electrons. The summed E-state index contributed by atoms with van der Waals surface area (Å²) < 4.78 is 7.58. The summed E-state index contributed by atoms with van der Waals surface area (Å²) >= 11 is 9.04. The molecule has 1 aliphatic carbocycles. The van der Waals surface area contributed by atoms with E-state index in [0.717, 1.165) is 45.0 Å². The summed E-state index contributed by atoms with van der Waals surface area (Å²) in [6.07, 6.45) is 3.07. The molecule has 3 aromatic rings. The van der Waals surface area contributed by atoms with Gasteiger partial charge in [-0.1, -0.05) is 11.6 Å². The number of thiophene rings is 1. The minimum Gasteiger partial charge on any atom is -0.383 e. The Bertz CT molecular complexity index is 896. The maximum Gasteiger partial charge on any atom is 0.215 e. The van der Waals surface area contributed by atoms with Crippen LogP contribution in [0.1, 0.15) is 17.7 Å². The van der Waals surface area contributed by atoms with Gasteiger partial charge in [0.2, 0.25) is 5.16 Å². The minimum absolute atomic E-state index is 0.555. The van der Waals surface area contributed by atoms with Gasteiger partial charge in [0.05, 0.1) is 22.4 Å². The van der Waals surface area contributed by atoms with E-state index in [9.17, 15) is 0 Å². The quantitative estimate of drug-likeness (QED) is 0.594. The Balaban J connectivity index is 1.69. The first-order valence-electron chi connectivity index (χ1n) is 7.83. The second-order valence-corrected chi connectivity index (χ2v) is 8.19. The van der Waals surface area contributed by atoms with Crippen molar-refractivity contribution in [2.24, 2.45) is 0 Å². The SMILES string of the molecule is COCCn1nnnc1Sc1nc(-c2ccc(Cl)s2)nc2c1CCC2. The van der Waals surface area contributed by atoms with E-state index in [2.05, 4.69) is 15.5 Å². The summed E-state index contributed by atoms with van der Waals surface area (Å²) in [7, 11) is 1.66. The number of nitrogens with zero attached hydrogens (tertiary/aromatic N) is 6. The summed E-state index contributed by atoms with van der Waals surface area (Å²) in [4.78, 5) is 10.5. The van der Waals surface area contributed by atoms with Gasteiger partial charge >= 0.3 is 0 Å². The van der Waals surface area contributed by atoms with Crippen LogP contribution in [0.15, 0.2) is 22.3 Å². The molecule has 7 nitrogen and oxygen atoms in total. The van der Waals surface area contributed by atoms with Crippen LogP contribution in [0.3, 0.4) is 0 Å². The smallest absolute Gasteiger partial charge is 0.215 e. The number of hydrogen-bond donors (Lipinski definition) is 0. The molecule has 0 saturated carbocycles. The summed E-state index contributed by atoms with van der Waals surface area (Å²) in [5.74, 6) is 0.718. The third-order valence-electron chi connectivity index (χ3n) is 3.88. The average Bonchev–Trinajstić information content (AvgIpc) is 3.33. The van der Waals surface area contributed by atoms with E-state index >= 15 is 0 Å². The molecule has 0 aliphatic heterocycles. The number of fused-ring (bicyclic) bond motifs is 1. The number of halogens is 1. The molecule has 0 amide bonds. The fourth-order valence-electron chi connectivity index (χ4n) is 2.70. The third kappa shape index (κ3) is 3.55. The summed E-state index contributed by atoms with van der Waals surface area (Å²) in [5.41, 5.74) is 2.32. The van der Waals surface area contributed by atoms with Crippen molar-refractivity contribution in [2.75, 3.05) is 13.7 Å². The zero-order valence-electron chi connectivity index (χ0n) is 13.5. The zero-order valence-corrected chi connectivity index (χ0v) is 15.9. The van der Waals surface area contributed by atoms with Gasteiger partial charge in [0.15, 0.2) is 5.82 Å². The van der Waals surface area contributed by atoms with Crippen molar-refractivity contribution in [1.29, 1.82) is 0 Å². The summed E-state index contributed by atoms with van der Waals surface area (Å²) in [5, 5.41) is 13.6. The Kier molecular flexibility index (Phi) is 4.98. The summed E-state index contributed by atoms with van der Waals surface area (Å²) in [6, 6.07) is 3.83. The third-order valence-corrected chi connectivity index (χ3v) is 6.12. The van der Waals surface area contributed by atoms with Crippen LogP contribution < -0.4 is 0 Å². The zero-order chi connectivity index (χ0) is 17.2. The van der Waals surface area contributed by atoms with Gasteiger partial charge in [-0.15, -0.1) is 16.4 Å². The van der Waals surface area contributed by atoms with E-state index in [-0.39, 0.29) is 0 Å². The van der Waals surface area contributed by atoms with Crippen molar-refractivity contribution >= 4 is 34.7 Å². The number of aryl methyl sites for hydroxylation is 1. The monoisotopic (exact) mass is 394 g/mol. The maximum absolute atomic E-state index is 6.07. The van der Waals surface area contributed by atoms with E-state index in [0.29, 0.717) is 18.3 Å². The Labute approximate surface area is 157 Å². The molecule has 25 heavy (non-hydrogen) atoms. The van der Waals surface area contributed by atoms with Crippen LogP contribution in [0.25, 0.3) is 10.7 Å². The average molecular weight is 395 g/mol. The van der Waals surface area contributed by atoms with Crippen LogP contribution in [0, 0.1) is 0 Å². The van der Waals surface area contributed by atoms with E-state index in [1.807, 2.05) is 12.1 Å². The number of hydrogen-bond acceptors (Lipinski definition) is 8. The lowest BCUT2D eigenvalue weighted by Crippen LogP contribution is -2.08. The molecule has 3 aromatic heterocycles. The van der Waals surface area contributed by atoms with Crippen molar-refractivity contribution in [3.05, 3.63) is 27.7 Å². The van der Waals surface area contributed by atoms with E-state index < -0.39 is 0 Å². The number of methoxy groups -OCH3 is 1. The van der Waals surface area contributed by atoms with Crippen molar-refractivity contribution < 1.29 is 4.74 Å². The van der Waals surface area contributed by atoms with Gasteiger partial charge in [0.25, 0.3) is 0 Å². The van der Waals surface area contributed by atoms with Crippen LogP contribution in [-0.2, 0) is 24.1 Å². The molecular weight excluding hydrogens is 380 g/mol. The largest absolute Gasteiger partial charge is 0.383 e. The molecule has 1 aliphatic rings. The van der Waals surface area contributed by atoms with Gasteiger partial charge in [0, 0.05) is 18.4 Å². The fourth-order valence-corrected chi connectivity index (χ4v) is 4.64. The van der Waals surface area contributed by atoms with Crippen molar-refractivity contribution in [2.45, 2.75) is 36.0 Å². The van der Waals surface area contributed by atoms with Crippen molar-refractivity contribution in [3.8, 4) is 10.7 Å². The molecule has 4 rings (SSSR count). The lowest BCUT2D eigenvalue weighted by molar-refractivity contribution is 0.180. The highest BCUT2D eigenvalue weighted by molar-refractivity contribution is 7.99. The Morgan fingerprint density at radius 3 is 3.04 bits per heavy atom. The minimum atomic E-state index is 0.555. The van der Waals surface area contributed by atoms with Gasteiger partial charge in [0.1, 0.15) is 5.03 Å². The van der Waals surface area contributed by atoms with Crippen LogP contribution >= 0.6 is 34.7 Å². The molecule has 0 atom stereocenters. The maximum atomic E-state index is 6.07. The number of rotatable bonds is 6. The predicted octanol–water partition coefficient (Wildman–Crippen LogP) is 3.13. The van der Waals surface area contributed by atoms with Gasteiger partial charge in [-0.05, 0) is 53.6 Å². The number of tetrazole rings is 1. The van der Waals surface area contributed by atoms with Gasteiger partial charge in [-0.3, -0.25) is 0 Å². The molecule has 3 heterocycles. The number of ether oxygens (including phenoxy) is 1. The molecule has 0 bridgehead atoms. The van der Waals surface area contributed by atoms with E-state index in [1.165, 1.54) is 28.7 Å². The molecule has 0 aromatic carbocycles. The molecule has 0 fully saturated rings. The van der Waals surface area contributed by atoms with Gasteiger partial charge in [-0.25, -0.2) is 14.6 Å². The molecule has 10 heteroatoms. The second-order valence-electron chi connectivity index (χ2n) is 5.51. The fraction of sp³-hybridized carbons (Fsp3) is 0.400. The molecule has 130 valence electrons. The van der Waals surface area contributed by atoms with Gasteiger partial charge < -0.3 is 4.74 Å². The summed E-state index contributed by atoms with van der Waals surface area (Å²) in [6.45, 7) is 1.16.